The van der Waals surface area contributed by atoms with Crippen LogP contribution < -0.4 is 4.84 Å². The molecule has 2 N–H and O–H groups in total. The topological polar surface area (TPSA) is 103 Å². The number of nitrogens with zero attached hydrogens (tertiary/aromatic N) is 4. The van der Waals surface area contributed by atoms with Gasteiger partial charge in [-0.05, 0) is 6.42 Å². The van der Waals surface area contributed by atoms with Crippen LogP contribution in [0.2, 0.25) is 0 Å². The average molecular weight is 252 g/mol. The van der Waals surface area contributed by atoms with Gasteiger partial charge in [-0.25, -0.2) is 9.97 Å². The van der Waals surface area contributed by atoms with Gasteiger partial charge in [0, 0.05) is 6.42 Å². The van der Waals surface area contributed by atoms with E-state index >= 15 is 0 Å². The summed E-state index contributed by atoms with van der Waals surface area (Å²) in [4.78, 5) is 17.1. The highest BCUT2D eigenvalue weighted by molar-refractivity contribution is 5.75. The molecule has 0 spiro atoms. The van der Waals surface area contributed by atoms with Crippen molar-refractivity contribution in [1.29, 1.82) is 0 Å². The minimum absolute atomic E-state index is 0.0203. The van der Waals surface area contributed by atoms with Crippen LogP contribution in [0, 0.1) is 0 Å². The van der Waals surface area contributed by atoms with Gasteiger partial charge in [-0.15, -0.1) is 4.73 Å². The molecule has 1 aliphatic rings. The Balaban J connectivity index is 1.81. The van der Waals surface area contributed by atoms with Crippen molar-refractivity contribution in [3.05, 3.63) is 12.7 Å². The zero-order valence-electron chi connectivity index (χ0n) is 9.43. The largest absolute Gasteiger partial charge is 0.492 e. The van der Waals surface area contributed by atoms with Gasteiger partial charge in [0.1, 0.15) is 12.7 Å². The third-order valence-corrected chi connectivity index (χ3v) is 2.79. The van der Waals surface area contributed by atoms with Crippen molar-refractivity contribution in [3.63, 3.8) is 0 Å². The van der Waals surface area contributed by atoms with E-state index in [0.717, 1.165) is 6.42 Å². The Bertz CT molecular complexity index is 558. The molecule has 0 amide bonds. The SMILES string of the molecule is OC[C@@H]1CCC(On2cnc3c(O)ncnc32)O1. The van der Waals surface area contributed by atoms with E-state index in [4.69, 9.17) is 14.7 Å². The first-order valence-electron chi connectivity index (χ1n) is 5.58. The molecule has 1 saturated heterocycles. The maximum absolute atomic E-state index is 9.48. The molecule has 8 nitrogen and oxygen atoms in total. The Morgan fingerprint density at radius 2 is 2.28 bits per heavy atom. The van der Waals surface area contributed by atoms with E-state index in [1.54, 1.807) is 0 Å². The molecule has 2 atom stereocenters. The highest BCUT2D eigenvalue weighted by atomic mass is 16.8. The lowest BCUT2D eigenvalue weighted by molar-refractivity contribution is -0.140. The minimum atomic E-state index is -0.448. The van der Waals surface area contributed by atoms with Crippen LogP contribution in [-0.4, -0.2) is 48.9 Å². The van der Waals surface area contributed by atoms with Crippen LogP contribution in [0.1, 0.15) is 12.8 Å². The summed E-state index contributed by atoms with van der Waals surface area (Å²) < 4.78 is 6.77. The second-order valence-corrected chi connectivity index (χ2v) is 3.99. The minimum Gasteiger partial charge on any atom is -0.492 e. The predicted octanol–water partition coefficient (Wildman–Crippen LogP) is -0.542. The number of hydrogen-bond acceptors (Lipinski definition) is 7. The summed E-state index contributed by atoms with van der Waals surface area (Å²) in [5, 5.41) is 18.4. The zero-order chi connectivity index (χ0) is 12.5. The van der Waals surface area contributed by atoms with Gasteiger partial charge < -0.3 is 19.8 Å². The molecule has 0 bridgehead atoms. The van der Waals surface area contributed by atoms with Crippen LogP contribution >= 0.6 is 0 Å². The van der Waals surface area contributed by atoms with Crippen molar-refractivity contribution in [3.8, 4) is 5.88 Å². The Kier molecular flexibility index (Phi) is 2.73. The Morgan fingerprint density at radius 1 is 1.39 bits per heavy atom. The maximum Gasteiger partial charge on any atom is 0.243 e. The smallest absolute Gasteiger partial charge is 0.243 e. The van der Waals surface area contributed by atoms with E-state index in [0.29, 0.717) is 12.1 Å². The molecule has 3 heterocycles. The van der Waals surface area contributed by atoms with E-state index in [2.05, 4.69) is 15.0 Å². The third kappa shape index (κ3) is 1.85. The van der Waals surface area contributed by atoms with E-state index < -0.39 is 6.29 Å². The van der Waals surface area contributed by atoms with E-state index in [9.17, 15) is 5.11 Å². The van der Waals surface area contributed by atoms with Crippen molar-refractivity contribution in [1.82, 2.24) is 19.7 Å². The monoisotopic (exact) mass is 252 g/mol. The molecule has 18 heavy (non-hydrogen) atoms. The molecule has 1 fully saturated rings. The fourth-order valence-corrected chi connectivity index (χ4v) is 1.89. The number of aliphatic hydroxyl groups is 1. The van der Waals surface area contributed by atoms with Crippen molar-refractivity contribution in [2.24, 2.45) is 0 Å². The van der Waals surface area contributed by atoms with E-state index in [-0.39, 0.29) is 24.1 Å². The molecule has 1 unspecified atom stereocenters. The quantitative estimate of drug-likeness (QED) is 0.756. The molecule has 8 heteroatoms. The van der Waals surface area contributed by atoms with Gasteiger partial charge in [-0.1, -0.05) is 0 Å². The first-order valence-corrected chi connectivity index (χ1v) is 5.58. The molecule has 3 rings (SSSR count). The number of ether oxygens (including phenoxy) is 1. The van der Waals surface area contributed by atoms with Gasteiger partial charge in [-0.2, -0.15) is 4.98 Å². The highest BCUT2D eigenvalue weighted by Crippen LogP contribution is 2.21. The maximum atomic E-state index is 9.48. The molecule has 0 aromatic carbocycles. The first kappa shape index (κ1) is 11.2. The number of aromatic hydroxyl groups is 1. The summed E-state index contributed by atoms with van der Waals surface area (Å²) in [7, 11) is 0. The lowest BCUT2D eigenvalue weighted by atomic mass is 10.2. The predicted molar refractivity (Wildman–Crippen MR) is 58.5 cm³/mol. The van der Waals surface area contributed by atoms with Crippen molar-refractivity contribution in [2.75, 3.05) is 6.61 Å². The standard InChI is InChI=1S/C10H12N4O4/c15-3-6-1-2-7(17-6)18-14-5-13-8-9(14)11-4-12-10(8)16/h4-7,15H,1-3H2,(H,11,12,16)/t6-,7?/m0/s1. The molecular formula is C10H12N4O4. The first-order chi connectivity index (χ1) is 8.78. The van der Waals surface area contributed by atoms with Gasteiger partial charge in [-0.3, -0.25) is 0 Å². The van der Waals surface area contributed by atoms with Crippen molar-refractivity contribution < 1.29 is 19.8 Å². The van der Waals surface area contributed by atoms with Gasteiger partial charge in [0.05, 0.1) is 12.7 Å². The summed E-state index contributed by atoms with van der Waals surface area (Å²) >= 11 is 0. The molecular weight excluding hydrogens is 240 g/mol. The fourth-order valence-electron chi connectivity index (χ4n) is 1.89. The molecule has 0 aliphatic carbocycles. The summed E-state index contributed by atoms with van der Waals surface area (Å²) in [5.41, 5.74) is 0.646. The highest BCUT2D eigenvalue weighted by Gasteiger charge is 2.27. The number of imidazole rings is 1. The number of fused-ring (bicyclic) bond motifs is 1. The molecule has 2 aromatic rings. The van der Waals surface area contributed by atoms with Crippen LogP contribution in [0.25, 0.3) is 11.2 Å². The molecule has 0 radical (unpaired) electrons. The van der Waals surface area contributed by atoms with Crippen LogP contribution in [0.5, 0.6) is 5.88 Å². The van der Waals surface area contributed by atoms with Crippen LogP contribution in [0.3, 0.4) is 0 Å². The summed E-state index contributed by atoms with van der Waals surface area (Å²) in [6.07, 6.45) is 3.42. The Hall–Kier alpha value is -1.93. The normalized spacial score (nSPS) is 23.6. The summed E-state index contributed by atoms with van der Waals surface area (Å²) in [5.74, 6) is -0.192. The lowest BCUT2D eigenvalue weighted by Gasteiger charge is -2.14. The molecule has 0 saturated carbocycles. The van der Waals surface area contributed by atoms with Crippen LogP contribution in [-0.2, 0) is 4.74 Å². The van der Waals surface area contributed by atoms with Crippen molar-refractivity contribution >= 4 is 11.2 Å². The van der Waals surface area contributed by atoms with Gasteiger partial charge in [0.2, 0.25) is 17.8 Å². The van der Waals surface area contributed by atoms with Gasteiger partial charge in [0.25, 0.3) is 0 Å². The number of rotatable bonds is 3. The summed E-state index contributed by atoms with van der Waals surface area (Å²) in [6, 6.07) is 0. The summed E-state index contributed by atoms with van der Waals surface area (Å²) in [6.45, 7) is -0.0203. The Morgan fingerprint density at radius 3 is 3.06 bits per heavy atom. The fraction of sp³-hybridized carbons (Fsp3) is 0.500. The van der Waals surface area contributed by atoms with Gasteiger partial charge in [0.15, 0.2) is 5.52 Å². The second kappa shape index (κ2) is 4.39. The van der Waals surface area contributed by atoms with E-state index in [1.807, 2.05) is 0 Å². The molecule has 1 aliphatic heterocycles. The van der Waals surface area contributed by atoms with Crippen LogP contribution in [0.4, 0.5) is 0 Å². The second-order valence-electron chi connectivity index (χ2n) is 3.99. The third-order valence-electron chi connectivity index (χ3n) is 2.79. The molecule has 96 valence electrons. The van der Waals surface area contributed by atoms with Crippen molar-refractivity contribution in [2.45, 2.75) is 25.2 Å². The Labute approximate surface area is 102 Å². The van der Waals surface area contributed by atoms with Gasteiger partial charge >= 0.3 is 0 Å². The lowest BCUT2D eigenvalue weighted by Crippen LogP contribution is -2.25. The molecule has 2 aromatic heterocycles. The number of hydrogen-bond donors (Lipinski definition) is 2. The number of aliphatic hydroxyl groups excluding tert-OH is 1. The number of aromatic nitrogens is 4. The van der Waals surface area contributed by atoms with E-state index in [1.165, 1.54) is 17.4 Å². The average Bonchev–Trinajstić information content (AvgIpc) is 2.98. The zero-order valence-corrected chi connectivity index (χ0v) is 9.43. The van der Waals surface area contributed by atoms with Crippen LogP contribution in [0.15, 0.2) is 12.7 Å².